The summed E-state index contributed by atoms with van der Waals surface area (Å²) in [5.74, 6) is 0.189. The van der Waals surface area contributed by atoms with Crippen LogP contribution in [0.1, 0.15) is 57.9 Å². The molecule has 0 aliphatic carbocycles. The molecule has 0 saturated carbocycles. The molecule has 23 heavy (non-hydrogen) atoms. The highest BCUT2D eigenvalue weighted by atomic mass is 16.2. The van der Waals surface area contributed by atoms with Crippen LogP contribution in [0, 0.1) is 5.92 Å². The lowest BCUT2D eigenvalue weighted by atomic mass is 10.0. The molecule has 1 N–H and O–H groups in total. The van der Waals surface area contributed by atoms with E-state index in [0.717, 1.165) is 37.1 Å². The molecule has 2 amide bonds. The minimum atomic E-state index is -0.232. The van der Waals surface area contributed by atoms with Gasteiger partial charge in [-0.15, -0.1) is 0 Å². The fourth-order valence-electron chi connectivity index (χ4n) is 3.07. The van der Waals surface area contributed by atoms with Gasteiger partial charge in [0.05, 0.1) is 5.92 Å². The molecule has 0 spiro atoms. The molecule has 0 bridgehead atoms. The molecule has 0 aromatic heterocycles. The standard InChI is InChI=1S/C19H28N2O2/c1-4-5-8-11-21-13-15(12-18(21)22)19(23)20-17-10-7-6-9-16(17)14(2)3/h6-7,9-10,14-15H,4-5,8,11-13H2,1-3H3,(H,20,23). The van der Waals surface area contributed by atoms with E-state index < -0.39 is 0 Å². The second kappa shape index (κ2) is 8.14. The molecular formula is C19H28N2O2. The van der Waals surface area contributed by atoms with Crippen LogP contribution in [0.5, 0.6) is 0 Å². The van der Waals surface area contributed by atoms with Crippen LogP contribution in [0.15, 0.2) is 24.3 Å². The molecule has 1 aliphatic rings. The van der Waals surface area contributed by atoms with Crippen LogP contribution in [-0.4, -0.2) is 29.8 Å². The zero-order valence-electron chi connectivity index (χ0n) is 14.5. The fraction of sp³-hybridized carbons (Fsp3) is 0.579. The van der Waals surface area contributed by atoms with Crippen molar-refractivity contribution < 1.29 is 9.59 Å². The number of hydrogen-bond acceptors (Lipinski definition) is 2. The Morgan fingerprint density at radius 2 is 2.04 bits per heavy atom. The Kier molecular flexibility index (Phi) is 6.20. The second-order valence-electron chi connectivity index (χ2n) is 6.68. The first-order valence-corrected chi connectivity index (χ1v) is 8.70. The molecule has 1 aromatic carbocycles. The summed E-state index contributed by atoms with van der Waals surface area (Å²) in [5, 5.41) is 3.02. The normalized spacial score (nSPS) is 17.8. The summed E-state index contributed by atoms with van der Waals surface area (Å²) in [6.07, 6.45) is 3.62. The van der Waals surface area contributed by atoms with E-state index in [2.05, 4.69) is 26.1 Å². The maximum atomic E-state index is 12.5. The summed E-state index contributed by atoms with van der Waals surface area (Å²) in [7, 11) is 0. The van der Waals surface area contributed by atoms with E-state index >= 15 is 0 Å². The zero-order chi connectivity index (χ0) is 16.8. The number of benzene rings is 1. The van der Waals surface area contributed by atoms with Gasteiger partial charge in [0, 0.05) is 25.2 Å². The van der Waals surface area contributed by atoms with Crippen molar-refractivity contribution in [3.63, 3.8) is 0 Å². The third-order valence-corrected chi connectivity index (χ3v) is 4.46. The van der Waals surface area contributed by atoms with Crippen LogP contribution in [0.2, 0.25) is 0 Å². The third-order valence-electron chi connectivity index (χ3n) is 4.46. The number of hydrogen-bond donors (Lipinski definition) is 1. The Bertz CT molecular complexity index is 554. The van der Waals surface area contributed by atoms with Gasteiger partial charge >= 0.3 is 0 Å². The van der Waals surface area contributed by atoms with Crippen molar-refractivity contribution in [2.75, 3.05) is 18.4 Å². The monoisotopic (exact) mass is 316 g/mol. The van der Waals surface area contributed by atoms with Crippen LogP contribution in [0.4, 0.5) is 5.69 Å². The minimum Gasteiger partial charge on any atom is -0.342 e. The van der Waals surface area contributed by atoms with E-state index in [1.807, 2.05) is 29.2 Å². The van der Waals surface area contributed by atoms with E-state index in [4.69, 9.17) is 0 Å². The topological polar surface area (TPSA) is 49.4 Å². The van der Waals surface area contributed by atoms with Gasteiger partial charge in [0.25, 0.3) is 0 Å². The highest BCUT2D eigenvalue weighted by Gasteiger charge is 2.34. The van der Waals surface area contributed by atoms with Crippen molar-refractivity contribution >= 4 is 17.5 Å². The summed E-state index contributed by atoms with van der Waals surface area (Å²) in [6.45, 7) is 7.70. The first kappa shape index (κ1) is 17.5. The van der Waals surface area contributed by atoms with Gasteiger partial charge in [-0.1, -0.05) is 51.8 Å². The van der Waals surface area contributed by atoms with Crippen LogP contribution < -0.4 is 5.32 Å². The second-order valence-corrected chi connectivity index (χ2v) is 6.68. The highest BCUT2D eigenvalue weighted by Crippen LogP contribution is 2.26. The van der Waals surface area contributed by atoms with Crippen molar-refractivity contribution in [2.24, 2.45) is 5.92 Å². The lowest BCUT2D eigenvalue weighted by Gasteiger charge is -2.17. The number of para-hydroxylation sites is 1. The number of carbonyl (C=O) groups is 2. The van der Waals surface area contributed by atoms with Gasteiger partial charge in [-0.3, -0.25) is 9.59 Å². The first-order chi connectivity index (χ1) is 11.0. The predicted octanol–water partition coefficient (Wildman–Crippen LogP) is 3.79. The Hall–Kier alpha value is -1.84. The number of nitrogens with zero attached hydrogens (tertiary/aromatic N) is 1. The molecule has 1 aromatic rings. The molecule has 126 valence electrons. The Labute approximate surface area is 139 Å². The molecular weight excluding hydrogens is 288 g/mol. The molecule has 1 heterocycles. The van der Waals surface area contributed by atoms with Crippen LogP contribution in [-0.2, 0) is 9.59 Å². The van der Waals surface area contributed by atoms with E-state index in [1.54, 1.807) is 0 Å². The molecule has 1 atom stereocenters. The average molecular weight is 316 g/mol. The summed E-state index contributed by atoms with van der Waals surface area (Å²) in [6, 6.07) is 7.89. The minimum absolute atomic E-state index is 0.0376. The molecule has 1 unspecified atom stereocenters. The largest absolute Gasteiger partial charge is 0.342 e. The maximum absolute atomic E-state index is 12.5. The van der Waals surface area contributed by atoms with Gasteiger partial charge in [0.1, 0.15) is 0 Å². The van der Waals surface area contributed by atoms with Gasteiger partial charge in [-0.2, -0.15) is 0 Å². The number of likely N-dealkylation sites (tertiary alicyclic amines) is 1. The smallest absolute Gasteiger partial charge is 0.229 e. The number of unbranched alkanes of at least 4 members (excludes halogenated alkanes) is 2. The molecule has 1 aliphatic heterocycles. The fourth-order valence-corrected chi connectivity index (χ4v) is 3.07. The molecule has 1 fully saturated rings. The van der Waals surface area contributed by atoms with Crippen LogP contribution in [0.3, 0.4) is 0 Å². The number of carbonyl (C=O) groups excluding carboxylic acids is 2. The van der Waals surface area contributed by atoms with Gasteiger partial charge in [-0.25, -0.2) is 0 Å². The lowest BCUT2D eigenvalue weighted by Crippen LogP contribution is -2.29. The van der Waals surface area contributed by atoms with Gasteiger partial charge < -0.3 is 10.2 Å². The third kappa shape index (κ3) is 4.57. The van der Waals surface area contributed by atoms with E-state index in [9.17, 15) is 9.59 Å². The quantitative estimate of drug-likeness (QED) is 0.778. The molecule has 4 nitrogen and oxygen atoms in total. The maximum Gasteiger partial charge on any atom is 0.229 e. The van der Waals surface area contributed by atoms with Gasteiger partial charge in [-0.05, 0) is 24.0 Å². The molecule has 0 radical (unpaired) electrons. The Morgan fingerprint density at radius 1 is 1.30 bits per heavy atom. The summed E-state index contributed by atoms with van der Waals surface area (Å²) in [5.41, 5.74) is 1.99. The SMILES string of the molecule is CCCCCN1CC(C(=O)Nc2ccccc2C(C)C)CC1=O. The van der Waals surface area contributed by atoms with Crippen molar-refractivity contribution in [1.82, 2.24) is 4.90 Å². The number of rotatable bonds is 7. The predicted molar refractivity (Wildman–Crippen MR) is 93.4 cm³/mol. The van der Waals surface area contributed by atoms with E-state index in [0.29, 0.717) is 18.9 Å². The summed E-state index contributed by atoms with van der Waals surface area (Å²) >= 11 is 0. The Balaban J connectivity index is 1.96. The molecule has 1 saturated heterocycles. The van der Waals surface area contributed by atoms with Crippen molar-refractivity contribution in [3.8, 4) is 0 Å². The summed E-state index contributed by atoms with van der Waals surface area (Å²) in [4.78, 5) is 26.4. The highest BCUT2D eigenvalue weighted by molar-refractivity contribution is 5.97. The van der Waals surface area contributed by atoms with E-state index in [-0.39, 0.29) is 17.7 Å². The molecule has 4 heteroatoms. The van der Waals surface area contributed by atoms with E-state index in [1.165, 1.54) is 0 Å². The average Bonchev–Trinajstić information content (AvgIpc) is 2.89. The van der Waals surface area contributed by atoms with Crippen molar-refractivity contribution in [1.29, 1.82) is 0 Å². The zero-order valence-corrected chi connectivity index (χ0v) is 14.5. The van der Waals surface area contributed by atoms with Gasteiger partial charge in [0.2, 0.25) is 11.8 Å². The first-order valence-electron chi connectivity index (χ1n) is 8.70. The number of amides is 2. The van der Waals surface area contributed by atoms with Gasteiger partial charge in [0.15, 0.2) is 0 Å². The lowest BCUT2D eigenvalue weighted by molar-refractivity contribution is -0.128. The van der Waals surface area contributed by atoms with Crippen molar-refractivity contribution in [3.05, 3.63) is 29.8 Å². The number of nitrogens with one attached hydrogen (secondary N) is 1. The van der Waals surface area contributed by atoms with Crippen LogP contribution >= 0.6 is 0 Å². The Morgan fingerprint density at radius 3 is 2.74 bits per heavy atom. The summed E-state index contributed by atoms with van der Waals surface area (Å²) < 4.78 is 0. The van der Waals surface area contributed by atoms with Crippen LogP contribution in [0.25, 0.3) is 0 Å². The number of anilines is 1. The van der Waals surface area contributed by atoms with Crippen molar-refractivity contribution in [2.45, 2.75) is 52.4 Å². The molecule has 2 rings (SSSR count).